The van der Waals surface area contributed by atoms with Gasteiger partial charge in [-0.05, 0) is 0 Å². The number of nitrogens with zero attached hydrogens (tertiary/aromatic N) is 3. The van der Waals surface area contributed by atoms with Gasteiger partial charge < -0.3 is 59.3 Å². The summed E-state index contributed by atoms with van der Waals surface area (Å²) in [5.74, 6) is 7.85. The van der Waals surface area contributed by atoms with Crippen LogP contribution >= 0.6 is 35.2 Å². The van der Waals surface area contributed by atoms with Crippen molar-refractivity contribution < 1.29 is 70.1 Å². The first-order valence-corrected chi connectivity index (χ1v) is 19.5. The zero-order chi connectivity index (χ0) is 36.0. The molecule has 0 aliphatic carbocycles. The van der Waals surface area contributed by atoms with Gasteiger partial charge in [-0.3, -0.25) is 4.52 Å². The number of ether oxygens (including phenoxy) is 5. The van der Waals surface area contributed by atoms with E-state index in [-0.39, 0.29) is 24.7 Å². The zero-order valence-corrected chi connectivity index (χ0v) is 29.6. The third kappa shape index (κ3) is 10.4. The Morgan fingerprint density at radius 2 is 1.73 bits per heavy atom. The first-order chi connectivity index (χ1) is 23.1. The third-order valence-electron chi connectivity index (χ3n) is 6.70. The number of benzene rings is 1. The summed E-state index contributed by atoms with van der Waals surface area (Å²) in [7, 11) is -12.2. The molecule has 0 amide bonds. The van der Waals surface area contributed by atoms with E-state index in [4.69, 9.17) is 49.5 Å². The summed E-state index contributed by atoms with van der Waals surface area (Å²) < 4.78 is 77.9. The predicted molar refractivity (Wildman–Crippen MR) is 173 cm³/mol. The van der Waals surface area contributed by atoms with Crippen LogP contribution in [0.3, 0.4) is 0 Å². The Balaban J connectivity index is 1.55. The molecule has 1 aliphatic rings. The number of nitrogens with two attached hydrogens (primary N) is 2. The van der Waals surface area contributed by atoms with Crippen LogP contribution in [0.1, 0.15) is 23.8 Å². The van der Waals surface area contributed by atoms with Gasteiger partial charge in [-0.25, -0.2) is 23.7 Å². The summed E-state index contributed by atoms with van der Waals surface area (Å²) in [6.45, 7) is -0.670. The molecule has 20 nitrogen and oxygen atoms in total. The molecule has 8 N–H and O–H groups in total. The number of aromatic nitrogens is 3. The molecule has 1 aliphatic heterocycles. The van der Waals surface area contributed by atoms with E-state index in [1.165, 1.54) is 39.4 Å². The quantitative estimate of drug-likeness (QED) is 0.0527. The number of thioether (sulfide) groups is 1. The molecule has 0 spiro atoms. The van der Waals surface area contributed by atoms with Crippen molar-refractivity contribution in [3.63, 3.8) is 0 Å². The maximum absolute atomic E-state index is 12.5. The van der Waals surface area contributed by atoms with Gasteiger partial charge in [0.1, 0.15) is 47.4 Å². The second kappa shape index (κ2) is 16.5. The van der Waals surface area contributed by atoms with Crippen molar-refractivity contribution in [2.75, 3.05) is 46.2 Å². The SMILES string of the molecule is COc1cc(OC)c(CSCO[C@H]2C[C@H](n3cc(C#CCN)c4c(N)ncnc43)O[C@@H]2COP(=O)(O)OP(=O)(O)OP(=O)(O)O)c(OC)c1. The molecule has 24 heteroatoms. The number of methoxy groups -OCH3 is 3. The van der Waals surface area contributed by atoms with Crippen LogP contribution in [0.25, 0.3) is 11.0 Å². The molecule has 3 aromatic rings. The van der Waals surface area contributed by atoms with Crippen molar-refractivity contribution in [3.05, 3.63) is 35.8 Å². The van der Waals surface area contributed by atoms with Crippen LogP contribution in [0, 0.1) is 11.8 Å². The van der Waals surface area contributed by atoms with E-state index in [1.807, 2.05) is 0 Å². The van der Waals surface area contributed by atoms with Crippen molar-refractivity contribution in [3.8, 4) is 29.1 Å². The van der Waals surface area contributed by atoms with Crippen LogP contribution in [0.2, 0.25) is 0 Å². The zero-order valence-electron chi connectivity index (χ0n) is 26.1. The molecule has 0 saturated carbocycles. The Kier molecular flexibility index (Phi) is 13.1. The minimum absolute atomic E-state index is 0.0691. The van der Waals surface area contributed by atoms with Crippen molar-refractivity contribution >= 4 is 52.1 Å². The minimum atomic E-state index is -5.74. The van der Waals surface area contributed by atoms with Gasteiger partial charge in [0.2, 0.25) is 0 Å². The first kappa shape index (κ1) is 39.0. The van der Waals surface area contributed by atoms with Crippen LogP contribution in [0.4, 0.5) is 5.82 Å². The van der Waals surface area contributed by atoms with Crippen LogP contribution in [-0.2, 0) is 42.1 Å². The van der Waals surface area contributed by atoms with E-state index in [2.05, 4.69) is 30.4 Å². The van der Waals surface area contributed by atoms with E-state index in [0.29, 0.717) is 39.6 Å². The minimum Gasteiger partial charge on any atom is -0.496 e. The number of hydrogen-bond acceptors (Lipinski definition) is 16. The van der Waals surface area contributed by atoms with Crippen molar-refractivity contribution in [2.45, 2.75) is 30.6 Å². The molecule has 1 fully saturated rings. The molecular weight excluding hydrogens is 735 g/mol. The second-order valence-corrected chi connectivity index (χ2v) is 15.2. The molecule has 0 bridgehead atoms. The van der Waals surface area contributed by atoms with Crippen LogP contribution in [0.5, 0.6) is 17.2 Å². The fourth-order valence-corrected chi connectivity index (χ4v) is 8.61. The smallest absolute Gasteiger partial charge is 0.490 e. The summed E-state index contributed by atoms with van der Waals surface area (Å²) >= 11 is 1.34. The number of hydrogen-bond donors (Lipinski definition) is 6. The summed E-state index contributed by atoms with van der Waals surface area (Å²) in [4.78, 5) is 45.5. The Morgan fingerprint density at radius 1 is 1.04 bits per heavy atom. The topological polar surface area (TPSA) is 289 Å². The maximum atomic E-state index is 12.5. The number of rotatable bonds is 16. The van der Waals surface area contributed by atoms with Gasteiger partial charge in [0, 0.05) is 36.1 Å². The standard InChI is InChI=1S/C25H34N5O15P3S/c1-38-16-7-18(39-2)17(19(8-16)40-3)12-49-14-41-20-9-22(30-10-15(5-4-6-26)23-24(27)28-13-29-25(23)30)43-21(20)11-42-47(34,35)45-48(36,37)44-46(31,32)33/h7-8,10,13,20-22H,6,9,11-12,14,26H2,1-3H3,(H,34,35)(H,36,37)(H2,27,28,29)(H2,31,32,33)/t20-,21+,22+/m0/s1. The van der Waals surface area contributed by atoms with Crippen molar-refractivity contribution in [1.82, 2.24) is 14.5 Å². The molecule has 3 heterocycles. The molecule has 4 rings (SSSR count). The molecule has 270 valence electrons. The number of anilines is 1. The lowest BCUT2D eigenvalue weighted by Gasteiger charge is -2.21. The lowest BCUT2D eigenvalue weighted by atomic mass is 10.2. The summed E-state index contributed by atoms with van der Waals surface area (Å²) in [6.07, 6.45) is 0.272. The van der Waals surface area contributed by atoms with E-state index in [9.17, 15) is 23.5 Å². The van der Waals surface area contributed by atoms with Gasteiger partial charge in [-0.2, -0.15) is 8.62 Å². The fourth-order valence-electron chi connectivity index (χ4n) is 4.74. The lowest BCUT2D eigenvalue weighted by Crippen LogP contribution is -2.29. The fraction of sp³-hybridized carbons (Fsp3) is 0.440. The number of phosphoric acid groups is 3. The molecule has 49 heavy (non-hydrogen) atoms. The van der Waals surface area contributed by atoms with Crippen molar-refractivity contribution in [2.24, 2.45) is 5.73 Å². The summed E-state index contributed by atoms with van der Waals surface area (Å²) in [6, 6.07) is 3.41. The number of phosphoric ester groups is 1. The molecule has 1 saturated heterocycles. The van der Waals surface area contributed by atoms with Gasteiger partial charge in [-0.15, -0.1) is 11.8 Å². The predicted octanol–water partition coefficient (Wildman–Crippen LogP) is 2.26. The molecule has 2 unspecified atom stereocenters. The third-order valence-corrected chi connectivity index (χ3v) is 11.3. The van der Waals surface area contributed by atoms with Gasteiger partial charge in [0.25, 0.3) is 0 Å². The van der Waals surface area contributed by atoms with Crippen LogP contribution in [0.15, 0.2) is 24.7 Å². The normalized spacial score (nSPS) is 20.3. The monoisotopic (exact) mass is 769 g/mol. The van der Waals surface area contributed by atoms with E-state index in [0.717, 1.165) is 5.56 Å². The molecule has 2 aromatic heterocycles. The van der Waals surface area contributed by atoms with Gasteiger partial charge >= 0.3 is 23.5 Å². The summed E-state index contributed by atoms with van der Waals surface area (Å²) in [5.41, 5.74) is 13.2. The van der Waals surface area contributed by atoms with Crippen LogP contribution in [-0.4, -0.2) is 86.7 Å². The molecule has 0 radical (unpaired) electrons. The molecular formula is C25H34N5O15P3S. The Labute approximate surface area is 283 Å². The van der Waals surface area contributed by atoms with E-state index in [1.54, 1.807) is 22.9 Å². The highest BCUT2D eigenvalue weighted by Gasteiger charge is 2.43. The average molecular weight is 770 g/mol. The summed E-state index contributed by atoms with van der Waals surface area (Å²) in [5, 5.41) is 0.444. The Bertz CT molecular complexity index is 1820. The number of fused-ring (bicyclic) bond motifs is 1. The van der Waals surface area contributed by atoms with E-state index < -0.39 is 48.5 Å². The largest absolute Gasteiger partial charge is 0.496 e. The molecule has 1 aromatic carbocycles. The maximum Gasteiger partial charge on any atom is 0.490 e. The highest BCUT2D eigenvalue weighted by atomic mass is 32.2. The van der Waals surface area contributed by atoms with Crippen LogP contribution < -0.4 is 25.7 Å². The molecule has 5 atom stereocenters. The van der Waals surface area contributed by atoms with Gasteiger partial charge in [0.15, 0.2) is 0 Å². The van der Waals surface area contributed by atoms with Crippen molar-refractivity contribution in [1.29, 1.82) is 0 Å². The number of nitrogen functional groups attached to an aromatic ring is 1. The Morgan fingerprint density at radius 3 is 2.35 bits per heavy atom. The second-order valence-electron chi connectivity index (χ2n) is 9.85. The Hall–Kier alpha value is -2.76. The van der Waals surface area contributed by atoms with Gasteiger partial charge in [-0.1, -0.05) is 11.8 Å². The highest BCUT2D eigenvalue weighted by molar-refractivity contribution is 7.98. The highest BCUT2D eigenvalue weighted by Crippen LogP contribution is 2.66. The first-order valence-electron chi connectivity index (χ1n) is 13.8. The van der Waals surface area contributed by atoms with E-state index >= 15 is 0 Å². The average Bonchev–Trinajstić information content (AvgIpc) is 3.60. The van der Waals surface area contributed by atoms with Gasteiger partial charge in [0.05, 0.1) is 57.5 Å². The lowest BCUT2D eigenvalue weighted by molar-refractivity contribution is -0.0521.